The van der Waals surface area contributed by atoms with E-state index in [1.54, 1.807) is 0 Å². The van der Waals surface area contributed by atoms with Crippen LogP contribution in [0.2, 0.25) is 7.86 Å². The fourth-order valence-corrected chi connectivity index (χ4v) is 7.63. The molecule has 0 saturated carbocycles. The van der Waals surface area contributed by atoms with Crippen LogP contribution in [-0.4, -0.2) is 37.0 Å². The van der Waals surface area contributed by atoms with Crippen molar-refractivity contribution in [3.63, 3.8) is 0 Å². The third-order valence-corrected chi connectivity index (χ3v) is 9.41. The van der Waals surface area contributed by atoms with Gasteiger partial charge in [0, 0.05) is 0 Å². The SMILES string of the molecule is CC(C)OC([CH2][Hg][CH2]C(OC(C)C)OC(C)C)OC(C)C. The quantitative estimate of drug-likeness (QED) is 0.302. The van der Waals surface area contributed by atoms with Gasteiger partial charge in [-0.1, -0.05) is 0 Å². The molecule has 0 aliphatic carbocycles. The summed E-state index contributed by atoms with van der Waals surface area (Å²) in [6, 6.07) is 0. The van der Waals surface area contributed by atoms with Gasteiger partial charge in [0.15, 0.2) is 0 Å². The summed E-state index contributed by atoms with van der Waals surface area (Å²) in [6.07, 6.45) is 0.720. The standard InChI is InChI=1S/2C8H17O2.Hg/c2*1-6(2)9-8(5)10-7(3)4;/h2*6-8H,5H2,1-4H3;. The molecule has 4 nitrogen and oxygen atoms in total. The van der Waals surface area contributed by atoms with Crippen LogP contribution in [0.4, 0.5) is 0 Å². The van der Waals surface area contributed by atoms with E-state index in [2.05, 4.69) is 55.4 Å². The van der Waals surface area contributed by atoms with Gasteiger partial charge in [0.1, 0.15) is 0 Å². The summed E-state index contributed by atoms with van der Waals surface area (Å²) in [5, 5.41) is 0. The molecule has 0 heterocycles. The van der Waals surface area contributed by atoms with Crippen LogP contribution in [0, 0.1) is 0 Å². The maximum atomic E-state index is 5.86. The Morgan fingerprint density at radius 3 is 0.952 bits per heavy atom. The van der Waals surface area contributed by atoms with Crippen LogP contribution in [0.3, 0.4) is 0 Å². The van der Waals surface area contributed by atoms with Crippen molar-refractivity contribution in [3.8, 4) is 0 Å². The molecule has 0 aromatic rings. The molecule has 21 heavy (non-hydrogen) atoms. The minimum absolute atomic E-state index is 0.0505. The molecule has 0 rings (SSSR count). The maximum absolute atomic E-state index is 5.86. The van der Waals surface area contributed by atoms with E-state index in [9.17, 15) is 0 Å². The van der Waals surface area contributed by atoms with Gasteiger partial charge in [0.25, 0.3) is 0 Å². The third kappa shape index (κ3) is 14.1. The summed E-state index contributed by atoms with van der Waals surface area (Å²) in [5.74, 6) is 0. The van der Waals surface area contributed by atoms with Gasteiger partial charge in [-0.25, -0.2) is 0 Å². The molecule has 0 amide bonds. The van der Waals surface area contributed by atoms with E-state index in [0.29, 0.717) is 0 Å². The first-order chi connectivity index (χ1) is 9.70. The molecule has 0 aliphatic heterocycles. The Morgan fingerprint density at radius 2 is 0.762 bits per heavy atom. The van der Waals surface area contributed by atoms with E-state index >= 15 is 0 Å². The van der Waals surface area contributed by atoms with Crippen LogP contribution in [0.25, 0.3) is 0 Å². The fraction of sp³-hybridized carbons (Fsp3) is 1.00. The third-order valence-electron chi connectivity index (χ3n) is 2.58. The van der Waals surface area contributed by atoms with Crippen LogP contribution >= 0.6 is 0 Å². The average molecular weight is 491 g/mol. The van der Waals surface area contributed by atoms with E-state index in [-0.39, 0.29) is 37.0 Å². The summed E-state index contributed by atoms with van der Waals surface area (Å²) < 4.78 is 25.6. The van der Waals surface area contributed by atoms with Crippen molar-refractivity contribution < 1.29 is 43.5 Å². The predicted octanol–water partition coefficient (Wildman–Crippen LogP) is 4.26. The van der Waals surface area contributed by atoms with Gasteiger partial charge in [0.05, 0.1) is 0 Å². The normalized spacial score (nSPS) is 12.5. The molecule has 0 aliphatic rings. The molecule has 0 fully saturated rings. The molecular weight excluding hydrogens is 457 g/mol. The Hall–Kier alpha value is 0.775. The molecule has 0 N–H and O–H groups in total. The summed E-state index contributed by atoms with van der Waals surface area (Å²) in [7, 11) is 0. The Balaban J connectivity index is 4.21. The molecule has 5 heteroatoms. The van der Waals surface area contributed by atoms with Gasteiger partial charge in [-0.15, -0.1) is 0 Å². The summed E-state index contributed by atoms with van der Waals surface area (Å²) in [6.45, 7) is 16.4. The Labute approximate surface area is 143 Å². The van der Waals surface area contributed by atoms with Gasteiger partial charge in [-0.05, 0) is 0 Å². The molecule has 0 radical (unpaired) electrons. The molecule has 0 aromatic carbocycles. The van der Waals surface area contributed by atoms with Gasteiger partial charge < -0.3 is 0 Å². The van der Waals surface area contributed by atoms with E-state index in [0.717, 1.165) is 7.86 Å². The van der Waals surface area contributed by atoms with E-state index < -0.39 is 24.6 Å². The molecule has 0 unspecified atom stereocenters. The van der Waals surface area contributed by atoms with Gasteiger partial charge in [-0.2, -0.15) is 0 Å². The average Bonchev–Trinajstić information content (AvgIpc) is 2.24. The van der Waals surface area contributed by atoms with Gasteiger partial charge >= 0.3 is 144 Å². The van der Waals surface area contributed by atoms with Crippen LogP contribution < -0.4 is 0 Å². The zero-order chi connectivity index (χ0) is 16.4. The van der Waals surface area contributed by atoms with Crippen LogP contribution in [0.1, 0.15) is 55.4 Å². The monoisotopic (exact) mass is 492 g/mol. The van der Waals surface area contributed by atoms with Crippen molar-refractivity contribution in [2.45, 2.75) is 100 Å². The molecule has 0 aromatic heterocycles. The topological polar surface area (TPSA) is 36.9 Å². The van der Waals surface area contributed by atoms with Crippen LogP contribution in [0.15, 0.2) is 0 Å². The first-order valence-corrected chi connectivity index (χ1v) is 16.1. The number of hydrogen-bond acceptors (Lipinski definition) is 4. The fourth-order valence-electron chi connectivity index (χ4n) is 2.00. The molecule has 0 atom stereocenters. The molecule has 0 bridgehead atoms. The first kappa shape index (κ1) is 21.8. The van der Waals surface area contributed by atoms with Crippen molar-refractivity contribution in [2.75, 3.05) is 0 Å². The minimum atomic E-state index is -1.14. The molecule has 0 spiro atoms. The van der Waals surface area contributed by atoms with E-state index in [1.807, 2.05) is 0 Å². The second-order valence-corrected chi connectivity index (χ2v) is 13.8. The zero-order valence-electron chi connectivity index (χ0n) is 15.2. The number of rotatable bonds is 12. The molecular formula is C16H34HgO4. The number of hydrogen-bond donors (Lipinski definition) is 0. The van der Waals surface area contributed by atoms with Crippen LogP contribution in [-0.2, 0) is 43.5 Å². The van der Waals surface area contributed by atoms with E-state index in [4.69, 9.17) is 18.9 Å². The number of ether oxygens (including phenoxy) is 4. The van der Waals surface area contributed by atoms with Crippen molar-refractivity contribution in [3.05, 3.63) is 0 Å². The Morgan fingerprint density at radius 1 is 0.524 bits per heavy atom. The predicted molar refractivity (Wildman–Crippen MR) is 82.1 cm³/mol. The van der Waals surface area contributed by atoms with Gasteiger partial charge in [-0.3, -0.25) is 0 Å². The van der Waals surface area contributed by atoms with Crippen molar-refractivity contribution in [1.29, 1.82) is 0 Å². The molecule has 0 saturated heterocycles. The van der Waals surface area contributed by atoms with Crippen LogP contribution in [0.5, 0.6) is 0 Å². The van der Waals surface area contributed by atoms with Crippen molar-refractivity contribution in [2.24, 2.45) is 0 Å². The summed E-state index contributed by atoms with van der Waals surface area (Å²) in [5.41, 5.74) is 0. The zero-order valence-corrected chi connectivity index (χ0v) is 20.7. The second kappa shape index (κ2) is 12.2. The molecule has 124 valence electrons. The Kier molecular flexibility index (Phi) is 12.7. The van der Waals surface area contributed by atoms with Gasteiger partial charge in [0.2, 0.25) is 0 Å². The Bertz CT molecular complexity index is 200. The second-order valence-electron chi connectivity index (χ2n) is 6.53. The van der Waals surface area contributed by atoms with E-state index in [1.165, 1.54) is 0 Å². The summed E-state index contributed by atoms with van der Waals surface area (Å²) >= 11 is -1.14. The van der Waals surface area contributed by atoms with Crippen molar-refractivity contribution in [1.82, 2.24) is 0 Å². The summed E-state index contributed by atoms with van der Waals surface area (Å²) in [4.78, 5) is 0. The first-order valence-electron chi connectivity index (χ1n) is 8.32. The van der Waals surface area contributed by atoms with Crippen molar-refractivity contribution >= 4 is 0 Å².